The fourth-order valence-corrected chi connectivity index (χ4v) is 2.61. The van der Waals surface area contributed by atoms with E-state index in [1.165, 1.54) is 3.57 Å². The van der Waals surface area contributed by atoms with E-state index in [4.69, 9.17) is 10.5 Å². The van der Waals surface area contributed by atoms with Crippen LogP contribution in [0.5, 0.6) is 5.75 Å². The van der Waals surface area contributed by atoms with E-state index in [-0.39, 0.29) is 11.9 Å². The van der Waals surface area contributed by atoms with Crippen LogP contribution in [-0.2, 0) is 4.79 Å². The van der Waals surface area contributed by atoms with Crippen LogP contribution in [0.1, 0.15) is 25.7 Å². The smallest absolute Gasteiger partial charge is 0.222 e. The summed E-state index contributed by atoms with van der Waals surface area (Å²) in [6, 6.07) is 8.20. The molecule has 2 N–H and O–H groups in total. The van der Waals surface area contributed by atoms with Crippen LogP contribution in [0.15, 0.2) is 24.3 Å². The molecule has 0 aliphatic carbocycles. The number of carbonyl (C=O) groups is 1. The standard InChI is InChI=1S/C15H21IN2O2/c16-12-3-5-14(6-4-12)20-11-1-2-15(19)18-9-7-13(17)8-10-18/h3-6,13H,1-2,7-11,17H2. The highest BCUT2D eigenvalue weighted by molar-refractivity contribution is 14.1. The number of rotatable bonds is 5. The van der Waals surface area contributed by atoms with Gasteiger partial charge in [-0.1, -0.05) is 0 Å². The maximum Gasteiger partial charge on any atom is 0.222 e. The third-order valence-electron chi connectivity index (χ3n) is 3.51. The zero-order valence-corrected chi connectivity index (χ0v) is 13.7. The molecule has 1 aromatic rings. The van der Waals surface area contributed by atoms with Crippen LogP contribution in [0.4, 0.5) is 0 Å². The number of piperidine rings is 1. The van der Waals surface area contributed by atoms with Gasteiger partial charge in [0.25, 0.3) is 0 Å². The lowest BCUT2D eigenvalue weighted by Crippen LogP contribution is -2.42. The molecule has 0 bridgehead atoms. The number of benzene rings is 1. The summed E-state index contributed by atoms with van der Waals surface area (Å²) >= 11 is 2.26. The fourth-order valence-electron chi connectivity index (χ4n) is 2.25. The van der Waals surface area contributed by atoms with Crippen molar-refractivity contribution < 1.29 is 9.53 Å². The van der Waals surface area contributed by atoms with Gasteiger partial charge in [-0.15, -0.1) is 0 Å². The average Bonchev–Trinajstić information content (AvgIpc) is 2.46. The van der Waals surface area contributed by atoms with E-state index in [0.29, 0.717) is 13.0 Å². The van der Waals surface area contributed by atoms with Gasteiger partial charge in [0.2, 0.25) is 5.91 Å². The Morgan fingerprint density at radius 1 is 1.30 bits per heavy atom. The van der Waals surface area contributed by atoms with E-state index in [1.807, 2.05) is 29.2 Å². The Hall–Kier alpha value is -0.820. The van der Waals surface area contributed by atoms with Gasteiger partial charge in [-0.25, -0.2) is 0 Å². The molecule has 0 radical (unpaired) electrons. The highest BCUT2D eigenvalue weighted by Gasteiger charge is 2.19. The zero-order valence-electron chi connectivity index (χ0n) is 11.6. The van der Waals surface area contributed by atoms with Crippen molar-refractivity contribution in [3.05, 3.63) is 27.8 Å². The maximum atomic E-state index is 12.0. The van der Waals surface area contributed by atoms with Crippen molar-refractivity contribution in [2.24, 2.45) is 5.73 Å². The minimum absolute atomic E-state index is 0.225. The van der Waals surface area contributed by atoms with Crippen molar-refractivity contribution in [3.8, 4) is 5.75 Å². The molecule has 20 heavy (non-hydrogen) atoms. The normalized spacial score (nSPS) is 16.2. The van der Waals surface area contributed by atoms with E-state index in [9.17, 15) is 4.79 Å². The first-order chi connectivity index (χ1) is 9.65. The number of halogens is 1. The van der Waals surface area contributed by atoms with E-state index >= 15 is 0 Å². The Labute approximate surface area is 133 Å². The van der Waals surface area contributed by atoms with Crippen LogP contribution in [0.3, 0.4) is 0 Å². The van der Waals surface area contributed by atoms with E-state index < -0.39 is 0 Å². The lowest BCUT2D eigenvalue weighted by atomic mass is 10.1. The van der Waals surface area contributed by atoms with Crippen molar-refractivity contribution in [2.45, 2.75) is 31.7 Å². The Balaban J connectivity index is 1.63. The van der Waals surface area contributed by atoms with E-state index in [1.54, 1.807) is 0 Å². The number of likely N-dealkylation sites (tertiary alicyclic amines) is 1. The van der Waals surface area contributed by atoms with Gasteiger partial charge in [-0.2, -0.15) is 0 Å². The van der Waals surface area contributed by atoms with Gasteiger partial charge in [0.1, 0.15) is 5.75 Å². The molecule has 1 fully saturated rings. The highest BCUT2D eigenvalue weighted by atomic mass is 127. The minimum Gasteiger partial charge on any atom is -0.494 e. The van der Waals surface area contributed by atoms with Gasteiger partial charge < -0.3 is 15.4 Å². The second-order valence-electron chi connectivity index (χ2n) is 5.12. The quantitative estimate of drug-likeness (QED) is 0.623. The number of hydrogen-bond acceptors (Lipinski definition) is 3. The summed E-state index contributed by atoms with van der Waals surface area (Å²) in [4.78, 5) is 13.9. The number of ether oxygens (including phenoxy) is 1. The van der Waals surface area contributed by atoms with Crippen molar-refractivity contribution in [2.75, 3.05) is 19.7 Å². The minimum atomic E-state index is 0.225. The van der Waals surface area contributed by atoms with Crippen LogP contribution in [0.2, 0.25) is 0 Å². The van der Waals surface area contributed by atoms with Crippen LogP contribution in [0, 0.1) is 3.57 Å². The fraction of sp³-hybridized carbons (Fsp3) is 0.533. The molecule has 1 aromatic carbocycles. The van der Waals surface area contributed by atoms with E-state index in [0.717, 1.165) is 38.1 Å². The van der Waals surface area contributed by atoms with Crippen molar-refractivity contribution in [1.29, 1.82) is 0 Å². The average molecular weight is 388 g/mol. The molecule has 0 atom stereocenters. The first-order valence-electron chi connectivity index (χ1n) is 7.07. The molecule has 0 aromatic heterocycles. The Bertz CT molecular complexity index is 428. The molecular formula is C15H21IN2O2. The Kier molecular flexibility index (Phi) is 6.09. The second-order valence-corrected chi connectivity index (χ2v) is 6.37. The second kappa shape index (κ2) is 7.83. The van der Waals surface area contributed by atoms with Gasteiger partial charge >= 0.3 is 0 Å². The highest BCUT2D eigenvalue weighted by Crippen LogP contribution is 2.14. The third-order valence-corrected chi connectivity index (χ3v) is 4.23. The van der Waals surface area contributed by atoms with Crippen molar-refractivity contribution in [1.82, 2.24) is 4.90 Å². The van der Waals surface area contributed by atoms with Gasteiger partial charge in [0.05, 0.1) is 6.61 Å². The number of nitrogens with two attached hydrogens (primary N) is 1. The lowest BCUT2D eigenvalue weighted by molar-refractivity contribution is -0.132. The summed E-state index contributed by atoms with van der Waals surface area (Å²) < 4.78 is 6.81. The topological polar surface area (TPSA) is 55.6 Å². The summed E-state index contributed by atoms with van der Waals surface area (Å²) in [5.74, 6) is 1.09. The summed E-state index contributed by atoms with van der Waals surface area (Å²) in [7, 11) is 0. The maximum absolute atomic E-state index is 12.0. The molecule has 0 unspecified atom stereocenters. The molecule has 0 saturated carbocycles. The van der Waals surface area contributed by atoms with Crippen LogP contribution < -0.4 is 10.5 Å². The van der Waals surface area contributed by atoms with Gasteiger partial charge in [-0.3, -0.25) is 4.79 Å². The predicted molar refractivity (Wildman–Crippen MR) is 87.7 cm³/mol. The third kappa shape index (κ3) is 4.94. The van der Waals surface area contributed by atoms with Gasteiger partial charge in [-0.05, 0) is 66.1 Å². The molecule has 1 aliphatic heterocycles. The first kappa shape index (κ1) is 15.6. The molecule has 1 heterocycles. The molecular weight excluding hydrogens is 367 g/mol. The molecule has 1 amide bonds. The molecule has 2 rings (SSSR count). The van der Waals surface area contributed by atoms with Crippen LogP contribution in [0.25, 0.3) is 0 Å². The van der Waals surface area contributed by atoms with Crippen LogP contribution >= 0.6 is 22.6 Å². The molecule has 4 nitrogen and oxygen atoms in total. The SMILES string of the molecule is NC1CCN(C(=O)CCCOc2ccc(I)cc2)CC1. The summed E-state index contributed by atoms with van der Waals surface area (Å²) in [5, 5.41) is 0. The van der Waals surface area contributed by atoms with E-state index in [2.05, 4.69) is 22.6 Å². The van der Waals surface area contributed by atoms with Crippen LogP contribution in [-0.4, -0.2) is 36.5 Å². The molecule has 0 spiro atoms. The zero-order chi connectivity index (χ0) is 14.4. The monoisotopic (exact) mass is 388 g/mol. The van der Waals surface area contributed by atoms with Gasteiger partial charge in [0.15, 0.2) is 0 Å². The summed E-state index contributed by atoms with van der Waals surface area (Å²) in [6.45, 7) is 2.19. The summed E-state index contributed by atoms with van der Waals surface area (Å²) in [6.07, 6.45) is 3.16. The molecule has 5 heteroatoms. The number of amides is 1. The molecule has 1 saturated heterocycles. The predicted octanol–water partition coefficient (Wildman–Crippen LogP) is 2.40. The summed E-state index contributed by atoms with van der Waals surface area (Å²) in [5.41, 5.74) is 5.84. The van der Waals surface area contributed by atoms with Crippen molar-refractivity contribution in [3.63, 3.8) is 0 Å². The Morgan fingerprint density at radius 3 is 2.60 bits per heavy atom. The largest absolute Gasteiger partial charge is 0.494 e. The Morgan fingerprint density at radius 2 is 1.95 bits per heavy atom. The lowest BCUT2D eigenvalue weighted by Gasteiger charge is -2.30. The molecule has 110 valence electrons. The number of hydrogen-bond donors (Lipinski definition) is 1. The number of nitrogens with zero attached hydrogens (tertiary/aromatic N) is 1. The van der Waals surface area contributed by atoms with Crippen molar-refractivity contribution >= 4 is 28.5 Å². The molecule has 1 aliphatic rings. The first-order valence-corrected chi connectivity index (χ1v) is 8.15. The van der Waals surface area contributed by atoms with Gasteiger partial charge in [0, 0.05) is 29.1 Å². The number of carbonyl (C=O) groups excluding carboxylic acids is 1.